The SMILES string of the molecule is CC[C@H](C)[C@@H](C(CC(=O)O)OC)N(C)C(=O)[C@@H](CC(=O)[C@H](C(C)C)N(C)C(=O)OCC1c2ccccc2-c2ccccc21)C(C)C. The average molecular weight is 637 g/mol. The smallest absolute Gasteiger partial charge is 0.410 e. The zero-order valence-corrected chi connectivity index (χ0v) is 28.9. The second-order valence-electron chi connectivity index (χ2n) is 13.3. The number of carbonyl (C=O) groups is 4. The third-order valence-corrected chi connectivity index (χ3v) is 9.63. The predicted octanol–water partition coefficient (Wildman–Crippen LogP) is 6.49. The summed E-state index contributed by atoms with van der Waals surface area (Å²) < 4.78 is 11.4. The molecule has 0 bridgehead atoms. The van der Waals surface area contributed by atoms with Crippen molar-refractivity contribution in [2.75, 3.05) is 27.8 Å². The summed E-state index contributed by atoms with van der Waals surface area (Å²) in [5, 5.41) is 9.48. The van der Waals surface area contributed by atoms with Crippen LogP contribution in [0.4, 0.5) is 4.79 Å². The van der Waals surface area contributed by atoms with Crippen molar-refractivity contribution in [2.24, 2.45) is 23.7 Å². The number of hydrogen-bond acceptors (Lipinski definition) is 6. The van der Waals surface area contributed by atoms with Gasteiger partial charge in [0.05, 0.1) is 24.6 Å². The molecule has 2 aromatic carbocycles. The maximum Gasteiger partial charge on any atom is 0.410 e. The van der Waals surface area contributed by atoms with Gasteiger partial charge in [-0.15, -0.1) is 0 Å². The standard InChI is InChI=1S/C37H52N2O7/c1-10-24(6)35(32(45-9)20-33(41)42)38(7)36(43)29(22(2)3)19-31(40)34(23(4)5)39(8)37(44)46-21-30-27-17-13-11-15-25(27)26-16-12-14-18-28(26)30/h11-18,22-24,29-30,32,34-35H,10,19-21H2,1-9H3,(H,41,42)/t24-,29-,32?,34-,35-/m0/s1. The van der Waals surface area contributed by atoms with Gasteiger partial charge in [-0.1, -0.05) is 96.5 Å². The third-order valence-electron chi connectivity index (χ3n) is 9.63. The molecule has 0 heterocycles. The number of fused-ring (bicyclic) bond motifs is 3. The number of ketones is 1. The number of carbonyl (C=O) groups excluding carboxylic acids is 3. The summed E-state index contributed by atoms with van der Waals surface area (Å²) >= 11 is 0. The number of carboxylic acid groups (broad SMARTS) is 1. The Balaban J connectivity index is 1.76. The van der Waals surface area contributed by atoms with Crippen LogP contribution in [0.15, 0.2) is 48.5 Å². The average Bonchev–Trinajstić information content (AvgIpc) is 3.34. The van der Waals surface area contributed by atoms with Gasteiger partial charge in [-0.3, -0.25) is 14.4 Å². The number of nitrogens with zero attached hydrogens (tertiary/aromatic N) is 2. The monoisotopic (exact) mass is 636 g/mol. The molecule has 3 rings (SSSR count). The Labute approximate surface area is 274 Å². The summed E-state index contributed by atoms with van der Waals surface area (Å²) in [6.07, 6.45) is -0.878. The van der Waals surface area contributed by atoms with Gasteiger partial charge in [-0.25, -0.2) is 4.79 Å². The molecule has 1 N–H and O–H groups in total. The van der Waals surface area contributed by atoms with Crippen molar-refractivity contribution in [2.45, 2.75) is 84.9 Å². The van der Waals surface area contributed by atoms with Crippen molar-refractivity contribution < 1.29 is 33.8 Å². The molecular formula is C37H52N2O7. The lowest BCUT2D eigenvalue weighted by atomic mass is 9.83. The minimum Gasteiger partial charge on any atom is -0.481 e. The first kappa shape index (κ1) is 36.7. The summed E-state index contributed by atoms with van der Waals surface area (Å²) in [7, 11) is 4.70. The van der Waals surface area contributed by atoms with E-state index in [4.69, 9.17) is 9.47 Å². The molecule has 1 unspecified atom stereocenters. The minimum atomic E-state index is -1.01. The molecule has 9 heteroatoms. The van der Waals surface area contributed by atoms with Gasteiger partial charge in [-0.05, 0) is 40.0 Å². The van der Waals surface area contributed by atoms with Crippen LogP contribution in [0.2, 0.25) is 0 Å². The van der Waals surface area contributed by atoms with Crippen molar-refractivity contribution in [3.05, 3.63) is 59.7 Å². The molecule has 0 fully saturated rings. The number of carboxylic acids is 1. The number of benzene rings is 2. The molecular weight excluding hydrogens is 584 g/mol. The number of rotatable bonds is 16. The van der Waals surface area contributed by atoms with E-state index in [1.165, 1.54) is 12.0 Å². The quantitative estimate of drug-likeness (QED) is 0.224. The highest BCUT2D eigenvalue weighted by Crippen LogP contribution is 2.44. The Morgan fingerprint density at radius 3 is 1.83 bits per heavy atom. The molecule has 0 spiro atoms. The second-order valence-corrected chi connectivity index (χ2v) is 13.3. The summed E-state index contributed by atoms with van der Waals surface area (Å²) in [5.74, 6) is -2.68. The Kier molecular flexibility index (Phi) is 12.9. The molecule has 9 nitrogen and oxygen atoms in total. The molecule has 5 atom stereocenters. The fraction of sp³-hybridized carbons (Fsp3) is 0.568. The molecule has 0 saturated heterocycles. The maximum atomic E-state index is 14.0. The lowest BCUT2D eigenvalue weighted by Gasteiger charge is -2.39. The van der Waals surface area contributed by atoms with Crippen LogP contribution in [-0.2, 0) is 23.9 Å². The number of hydrogen-bond donors (Lipinski definition) is 1. The van der Waals surface area contributed by atoms with E-state index >= 15 is 0 Å². The van der Waals surface area contributed by atoms with E-state index in [0.717, 1.165) is 22.3 Å². The van der Waals surface area contributed by atoms with Crippen LogP contribution >= 0.6 is 0 Å². The second kappa shape index (κ2) is 16.2. The van der Waals surface area contributed by atoms with E-state index in [0.29, 0.717) is 6.42 Å². The molecule has 2 amide bonds. The van der Waals surface area contributed by atoms with Crippen molar-refractivity contribution in [3.8, 4) is 11.1 Å². The van der Waals surface area contributed by atoms with E-state index in [1.54, 1.807) is 19.0 Å². The number of aliphatic carboxylic acids is 1. The fourth-order valence-corrected chi connectivity index (χ4v) is 6.95. The van der Waals surface area contributed by atoms with Gasteiger partial charge in [0.2, 0.25) is 5.91 Å². The summed E-state index contributed by atoms with van der Waals surface area (Å²) in [6.45, 7) is 11.6. The van der Waals surface area contributed by atoms with Crippen LogP contribution in [0.3, 0.4) is 0 Å². The summed E-state index contributed by atoms with van der Waals surface area (Å²) in [6, 6.07) is 14.9. The Bertz CT molecular complexity index is 1330. The molecule has 0 radical (unpaired) electrons. The molecule has 2 aromatic rings. The van der Waals surface area contributed by atoms with Crippen LogP contribution in [-0.4, -0.2) is 84.7 Å². The van der Waals surface area contributed by atoms with Gasteiger partial charge in [0.1, 0.15) is 6.61 Å². The van der Waals surface area contributed by atoms with E-state index in [9.17, 15) is 24.3 Å². The van der Waals surface area contributed by atoms with Gasteiger partial charge >= 0.3 is 12.1 Å². The number of methoxy groups -OCH3 is 1. The van der Waals surface area contributed by atoms with E-state index in [2.05, 4.69) is 24.3 Å². The molecule has 0 saturated carbocycles. The van der Waals surface area contributed by atoms with Crippen molar-refractivity contribution in [1.29, 1.82) is 0 Å². The fourth-order valence-electron chi connectivity index (χ4n) is 6.95. The molecule has 0 aliphatic heterocycles. The van der Waals surface area contributed by atoms with Crippen molar-refractivity contribution in [1.82, 2.24) is 9.80 Å². The Hall–Kier alpha value is -3.72. The molecule has 1 aliphatic carbocycles. The zero-order valence-electron chi connectivity index (χ0n) is 28.9. The van der Waals surface area contributed by atoms with Gasteiger partial charge in [0, 0.05) is 39.5 Å². The number of ether oxygens (including phenoxy) is 2. The van der Waals surface area contributed by atoms with Gasteiger partial charge in [0.15, 0.2) is 5.78 Å². The highest BCUT2D eigenvalue weighted by Gasteiger charge is 2.40. The number of Topliss-reactive ketones (excluding diaryl/α,β-unsaturated/α-hetero) is 1. The zero-order chi connectivity index (χ0) is 34.3. The first-order valence-corrected chi connectivity index (χ1v) is 16.4. The number of amides is 2. The number of likely N-dealkylation sites (N-methyl/N-ethyl adjacent to an activating group) is 2. The largest absolute Gasteiger partial charge is 0.481 e. The molecule has 252 valence electrons. The normalized spacial score (nSPS) is 15.8. The van der Waals surface area contributed by atoms with Crippen LogP contribution < -0.4 is 0 Å². The Morgan fingerprint density at radius 2 is 1.37 bits per heavy atom. The molecule has 46 heavy (non-hydrogen) atoms. The lowest BCUT2D eigenvalue weighted by molar-refractivity contribution is -0.149. The van der Waals surface area contributed by atoms with Crippen LogP contribution in [0.5, 0.6) is 0 Å². The Morgan fingerprint density at radius 1 is 0.826 bits per heavy atom. The molecule has 1 aliphatic rings. The van der Waals surface area contributed by atoms with Gasteiger partial charge < -0.3 is 24.4 Å². The summed E-state index contributed by atoms with van der Waals surface area (Å²) in [4.78, 5) is 55.9. The van der Waals surface area contributed by atoms with Crippen molar-refractivity contribution >= 4 is 23.8 Å². The van der Waals surface area contributed by atoms with Gasteiger partial charge in [0.25, 0.3) is 0 Å². The van der Waals surface area contributed by atoms with E-state index in [-0.39, 0.29) is 54.8 Å². The molecule has 0 aromatic heterocycles. The minimum absolute atomic E-state index is 0.0372. The van der Waals surface area contributed by atoms with E-state index < -0.39 is 36.2 Å². The van der Waals surface area contributed by atoms with E-state index in [1.807, 2.05) is 65.8 Å². The van der Waals surface area contributed by atoms with Crippen LogP contribution in [0.25, 0.3) is 11.1 Å². The topological polar surface area (TPSA) is 113 Å². The van der Waals surface area contributed by atoms with Crippen LogP contribution in [0, 0.1) is 23.7 Å². The van der Waals surface area contributed by atoms with Gasteiger partial charge in [-0.2, -0.15) is 0 Å². The lowest BCUT2D eigenvalue weighted by Crippen LogP contribution is -2.53. The van der Waals surface area contributed by atoms with Crippen LogP contribution in [0.1, 0.15) is 77.8 Å². The first-order valence-electron chi connectivity index (χ1n) is 16.4. The highest BCUT2D eigenvalue weighted by molar-refractivity contribution is 5.92. The third kappa shape index (κ3) is 8.16. The summed E-state index contributed by atoms with van der Waals surface area (Å²) in [5.41, 5.74) is 4.47. The highest BCUT2D eigenvalue weighted by atomic mass is 16.6. The predicted molar refractivity (Wildman–Crippen MR) is 178 cm³/mol. The first-order chi connectivity index (χ1) is 21.7. The maximum absolute atomic E-state index is 14.0. The van der Waals surface area contributed by atoms with Crippen molar-refractivity contribution in [3.63, 3.8) is 0 Å².